The topological polar surface area (TPSA) is 62.4 Å². The Kier molecular flexibility index (Phi) is 4.40. The fourth-order valence-electron chi connectivity index (χ4n) is 3.91. The van der Waals surface area contributed by atoms with E-state index < -0.39 is 0 Å². The van der Waals surface area contributed by atoms with Gasteiger partial charge in [-0.1, -0.05) is 31.0 Å². The molecule has 130 valence electrons. The lowest BCUT2D eigenvalue weighted by Crippen LogP contribution is -2.54. The third kappa shape index (κ3) is 3.24. The van der Waals surface area contributed by atoms with Crippen molar-refractivity contribution in [3.05, 3.63) is 52.3 Å². The van der Waals surface area contributed by atoms with Crippen molar-refractivity contribution in [2.45, 2.75) is 37.8 Å². The molecule has 2 unspecified atom stereocenters. The van der Waals surface area contributed by atoms with Crippen molar-refractivity contribution in [3.63, 3.8) is 0 Å². The summed E-state index contributed by atoms with van der Waals surface area (Å²) in [5.74, 6) is -0.0345. The number of hydrogen-bond acceptors (Lipinski definition) is 3. The fourth-order valence-corrected chi connectivity index (χ4v) is 3.91. The maximum atomic E-state index is 12.7. The summed E-state index contributed by atoms with van der Waals surface area (Å²) in [6.07, 6.45) is 7.66. The van der Waals surface area contributed by atoms with Crippen molar-refractivity contribution in [1.82, 2.24) is 9.88 Å². The quantitative estimate of drug-likeness (QED) is 0.857. The van der Waals surface area contributed by atoms with Crippen LogP contribution in [0.15, 0.2) is 41.2 Å². The first-order valence-electron chi connectivity index (χ1n) is 8.95. The smallest absolute Gasteiger partial charge is 0.255 e. The number of rotatable bonds is 2. The Morgan fingerprint density at radius 2 is 2.08 bits per heavy atom. The second-order valence-corrected chi connectivity index (χ2v) is 6.77. The van der Waals surface area contributed by atoms with Crippen LogP contribution in [0.5, 0.6) is 0 Å². The Hall–Kier alpha value is -2.40. The molecule has 1 N–H and O–H groups in total. The minimum atomic E-state index is -0.180. The van der Waals surface area contributed by atoms with Crippen molar-refractivity contribution in [1.29, 1.82) is 0 Å². The molecular formula is C20H22N2O3. The predicted octanol–water partition coefficient (Wildman–Crippen LogP) is 2.71. The first-order chi connectivity index (χ1) is 12.2. The van der Waals surface area contributed by atoms with Gasteiger partial charge >= 0.3 is 0 Å². The molecule has 5 nitrogen and oxygen atoms in total. The summed E-state index contributed by atoms with van der Waals surface area (Å²) in [6, 6.07) is 9.62. The number of nitrogens with zero attached hydrogens (tertiary/aromatic N) is 1. The van der Waals surface area contributed by atoms with Crippen molar-refractivity contribution >= 4 is 22.9 Å². The molecule has 5 heteroatoms. The average Bonchev–Trinajstić information content (AvgIpc) is 2.65. The van der Waals surface area contributed by atoms with Crippen molar-refractivity contribution in [3.8, 4) is 0 Å². The number of pyridine rings is 1. The van der Waals surface area contributed by atoms with E-state index in [4.69, 9.17) is 4.74 Å². The molecule has 1 aliphatic carbocycles. The lowest BCUT2D eigenvalue weighted by molar-refractivity contribution is -0.144. The Morgan fingerprint density at radius 1 is 1.24 bits per heavy atom. The van der Waals surface area contributed by atoms with E-state index in [1.807, 2.05) is 35.2 Å². The molecular weight excluding hydrogens is 316 g/mol. The maximum Gasteiger partial charge on any atom is 0.255 e. The second-order valence-electron chi connectivity index (χ2n) is 6.77. The van der Waals surface area contributed by atoms with Crippen LogP contribution >= 0.6 is 0 Å². The number of aromatic amines is 1. The van der Waals surface area contributed by atoms with Crippen LogP contribution in [0.25, 0.3) is 17.0 Å². The van der Waals surface area contributed by atoms with Crippen molar-refractivity contribution in [2.24, 2.45) is 0 Å². The van der Waals surface area contributed by atoms with Crippen LogP contribution in [0.4, 0.5) is 0 Å². The van der Waals surface area contributed by atoms with Gasteiger partial charge in [0.1, 0.15) is 0 Å². The minimum absolute atomic E-state index is 0.0345. The van der Waals surface area contributed by atoms with Gasteiger partial charge in [0.25, 0.3) is 5.56 Å². The summed E-state index contributed by atoms with van der Waals surface area (Å²) in [4.78, 5) is 29.6. The largest absolute Gasteiger partial charge is 0.374 e. The lowest BCUT2D eigenvalue weighted by atomic mass is 9.90. The van der Waals surface area contributed by atoms with E-state index >= 15 is 0 Å². The Labute approximate surface area is 146 Å². The zero-order valence-corrected chi connectivity index (χ0v) is 14.1. The monoisotopic (exact) mass is 338 g/mol. The number of aromatic nitrogens is 1. The SMILES string of the molecule is O=C(/C=C/c1cc2ccccc2[nH]c1=O)N1CCOC2CCCCC21. The van der Waals surface area contributed by atoms with Gasteiger partial charge in [-0.3, -0.25) is 9.59 Å². The maximum absolute atomic E-state index is 12.7. The summed E-state index contributed by atoms with van der Waals surface area (Å²) >= 11 is 0. The second kappa shape index (κ2) is 6.84. The molecule has 1 saturated heterocycles. The summed E-state index contributed by atoms with van der Waals surface area (Å²) in [6.45, 7) is 1.22. The van der Waals surface area contributed by atoms with E-state index in [-0.39, 0.29) is 23.6 Å². The van der Waals surface area contributed by atoms with Gasteiger partial charge < -0.3 is 14.6 Å². The molecule has 2 atom stereocenters. The molecule has 2 fully saturated rings. The molecule has 0 bridgehead atoms. The van der Waals surface area contributed by atoms with Gasteiger partial charge in [-0.25, -0.2) is 0 Å². The van der Waals surface area contributed by atoms with Gasteiger partial charge in [0.15, 0.2) is 0 Å². The highest BCUT2D eigenvalue weighted by molar-refractivity contribution is 5.92. The fraction of sp³-hybridized carbons (Fsp3) is 0.400. The molecule has 1 aliphatic heterocycles. The standard InChI is InChI=1S/C20H22N2O3/c23-19(22-11-12-25-18-8-4-3-7-17(18)22)10-9-15-13-14-5-1-2-6-16(14)21-20(15)24/h1-2,5-6,9-10,13,17-18H,3-4,7-8,11-12H2,(H,21,24)/b10-9+. The molecule has 1 saturated carbocycles. The third-order valence-corrected chi connectivity index (χ3v) is 5.20. The summed E-state index contributed by atoms with van der Waals surface area (Å²) in [5, 5.41) is 0.952. The van der Waals surface area contributed by atoms with Crippen LogP contribution in [0.1, 0.15) is 31.2 Å². The van der Waals surface area contributed by atoms with E-state index in [0.29, 0.717) is 18.7 Å². The Morgan fingerprint density at radius 3 is 3.00 bits per heavy atom. The minimum Gasteiger partial charge on any atom is -0.374 e. The van der Waals surface area contributed by atoms with Crippen LogP contribution in [0.3, 0.4) is 0 Å². The highest BCUT2D eigenvalue weighted by Crippen LogP contribution is 2.28. The van der Waals surface area contributed by atoms with Crippen molar-refractivity contribution in [2.75, 3.05) is 13.2 Å². The van der Waals surface area contributed by atoms with E-state index in [2.05, 4.69) is 4.98 Å². The Balaban J connectivity index is 1.56. The van der Waals surface area contributed by atoms with Crippen LogP contribution < -0.4 is 5.56 Å². The van der Waals surface area contributed by atoms with Gasteiger partial charge in [-0.05, 0) is 36.4 Å². The Bertz CT molecular complexity index is 869. The van der Waals surface area contributed by atoms with Gasteiger partial charge in [-0.2, -0.15) is 0 Å². The molecule has 1 amide bonds. The number of morpholine rings is 1. The number of carbonyl (C=O) groups is 1. The average molecular weight is 338 g/mol. The van der Waals surface area contributed by atoms with Gasteiger partial charge in [0, 0.05) is 23.7 Å². The number of H-pyrrole nitrogens is 1. The zero-order chi connectivity index (χ0) is 17.2. The highest BCUT2D eigenvalue weighted by Gasteiger charge is 2.35. The van der Waals surface area contributed by atoms with Crippen LogP contribution in [0.2, 0.25) is 0 Å². The summed E-state index contributed by atoms with van der Waals surface area (Å²) in [7, 11) is 0. The normalized spacial score (nSPS) is 23.8. The number of benzene rings is 1. The zero-order valence-electron chi connectivity index (χ0n) is 14.1. The van der Waals surface area contributed by atoms with E-state index in [1.165, 1.54) is 12.5 Å². The molecule has 2 heterocycles. The molecule has 2 aliphatic rings. The summed E-state index contributed by atoms with van der Waals surface area (Å²) < 4.78 is 5.82. The number of carbonyl (C=O) groups excluding carboxylic acids is 1. The van der Waals surface area contributed by atoms with Crippen LogP contribution in [0, 0.1) is 0 Å². The first kappa shape index (κ1) is 16.1. The molecule has 2 aromatic rings. The van der Waals surface area contributed by atoms with E-state index in [0.717, 1.165) is 30.2 Å². The van der Waals surface area contributed by atoms with Gasteiger partial charge in [0.2, 0.25) is 5.91 Å². The van der Waals surface area contributed by atoms with Gasteiger partial charge in [0.05, 0.1) is 18.8 Å². The molecule has 1 aromatic carbocycles. The number of ether oxygens (including phenoxy) is 1. The third-order valence-electron chi connectivity index (χ3n) is 5.20. The molecule has 1 aromatic heterocycles. The number of nitrogens with one attached hydrogen (secondary N) is 1. The molecule has 25 heavy (non-hydrogen) atoms. The van der Waals surface area contributed by atoms with E-state index in [9.17, 15) is 9.59 Å². The first-order valence-corrected chi connectivity index (χ1v) is 8.95. The molecule has 0 radical (unpaired) electrons. The number of amides is 1. The van der Waals surface area contributed by atoms with Crippen molar-refractivity contribution < 1.29 is 9.53 Å². The van der Waals surface area contributed by atoms with E-state index in [1.54, 1.807) is 6.08 Å². The highest BCUT2D eigenvalue weighted by atomic mass is 16.5. The van der Waals surface area contributed by atoms with Crippen LogP contribution in [-0.4, -0.2) is 41.1 Å². The summed E-state index contributed by atoms with van der Waals surface area (Å²) in [5.41, 5.74) is 1.12. The molecule has 4 rings (SSSR count). The molecule has 0 spiro atoms. The van der Waals surface area contributed by atoms with Gasteiger partial charge in [-0.15, -0.1) is 0 Å². The van der Waals surface area contributed by atoms with Crippen LogP contribution in [-0.2, 0) is 9.53 Å². The lowest BCUT2D eigenvalue weighted by Gasteiger charge is -2.43. The number of hydrogen-bond donors (Lipinski definition) is 1. The predicted molar refractivity (Wildman–Crippen MR) is 97.3 cm³/mol. The number of para-hydroxylation sites is 1. The number of fused-ring (bicyclic) bond motifs is 2.